The van der Waals surface area contributed by atoms with Crippen LogP contribution in [0.15, 0.2) is 23.1 Å². The maximum atomic E-state index is 13.6. The lowest BCUT2D eigenvalue weighted by Gasteiger charge is -2.25. The zero-order chi connectivity index (χ0) is 11.5. The first-order valence-corrected chi connectivity index (χ1v) is 5.86. The van der Waals surface area contributed by atoms with Gasteiger partial charge in [0.25, 0.3) is 0 Å². The van der Waals surface area contributed by atoms with Crippen molar-refractivity contribution in [2.24, 2.45) is 5.73 Å². The van der Waals surface area contributed by atoms with Crippen molar-refractivity contribution >= 4 is 17.5 Å². The van der Waals surface area contributed by atoms with Gasteiger partial charge in [0.05, 0.1) is 25.0 Å². The molecular weight excluding hydrogens is 229 g/mol. The molecule has 1 aliphatic rings. The monoisotopic (exact) mass is 241 g/mol. The molecule has 0 radical (unpaired) electrons. The van der Waals surface area contributed by atoms with E-state index in [9.17, 15) is 9.18 Å². The first-order chi connectivity index (χ1) is 7.70. The fourth-order valence-electron chi connectivity index (χ4n) is 1.35. The van der Waals surface area contributed by atoms with Crippen molar-refractivity contribution in [3.8, 4) is 0 Å². The molecule has 2 rings (SSSR count). The Morgan fingerprint density at radius 1 is 1.56 bits per heavy atom. The van der Waals surface area contributed by atoms with Crippen LogP contribution < -0.4 is 5.73 Å². The minimum atomic E-state index is -0.365. The number of carbonyl (C=O) groups is 1. The number of Topliss-reactive ketones (excluding diaryl/α,β-unsaturated/α-hetero) is 1. The minimum Gasteiger partial charge on any atom is -0.379 e. The second kappa shape index (κ2) is 4.95. The van der Waals surface area contributed by atoms with E-state index in [1.807, 2.05) is 0 Å². The van der Waals surface area contributed by atoms with Crippen LogP contribution in [0.5, 0.6) is 0 Å². The van der Waals surface area contributed by atoms with Crippen molar-refractivity contribution in [3.05, 3.63) is 29.6 Å². The summed E-state index contributed by atoms with van der Waals surface area (Å²) in [4.78, 5) is 11.8. The average molecular weight is 241 g/mol. The number of hydrogen-bond acceptors (Lipinski definition) is 4. The highest BCUT2D eigenvalue weighted by Gasteiger charge is 2.21. The molecule has 0 unspecified atom stereocenters. The molecule has 0 bridgehead atoms. The third kappa shape index (κ3) is 2.42. The van der Waals surface area contributed by atoms with Gasteiger partial charge in [0.1, 0.15) is 5.82 Å². The van der Waals surface area contributed by atoms with E-state index in [2.05, 4.69) is 0 Å². The number of hydrogen-bond donors (Lipinski definition) is 1. The molecule has 1 aliphatic heterocycles. The van der Waals surface area contributed by atoms with Gasteiger partial charge in [-0.05, 0) is 12.1 Å². The lowest BCUT2D eigenvalue weighted by molar-refractivity contribution is 0.0455. The Morgan fingerprint density at radius 3 is 2.81 bits per heavy atom. The lowest BCUT2D eigenvalue weighted by Crippen LogP contribution is -2.30. The number of benzene rings is 1. The lowest BCUT2D eigenvalue weighted by atomic mass is 10.1. The second-order valence-electron chi connectivity index (χ2n) is 3.55. The Bertz CT molecular complexity index is 407. The number of carbonyl (C=O) groups excluding carboxylic acids is 1. The number of ether oxygens (including phenoxy) is 1. The molecule has 5 heteroatoms. The van der Waals surface area contributed by atoms with Crippen molar-refractivity contribution in [2.75, 3.05) is 19.8 Å². The number of rotatable bonds is 4. The van der Waals surface area contributed by atoms with Gasteiger partial charge < -0.3 is 10.5 Å². The summed E-state index contributed by atoms with van der Waals surface area (Å²) < 4.78 is 18.6. The maximum Gasteiger partial charge on any atom is 0.176 e. The predicted molar refractivity (Wildman–Crippen MR) is 60.2 cm³/mol. The summed E-state index contributed by atoms with van der Waals surface area (Å²) in [5.41, 5.74) is 5.54. The molecule has 1 fully saturated rings. The molecule has 0 aromatic heterocycles. The van der Waals surface area contributed by atoms with Gasteiger partial charge in [-0.1, -0.05) is 6.07 Å². The summed E-state index contributed by atoms with van der Waals surface area (Å²) in [6, 6.07) is 4.48. The molecule has 0 atom stereocenters. The van der Waals surface area contributed by atoms with Gasteiger partial charge in [-0.15, -0.1) is 11.8 Å². The number of nitrogens with two attached hydrogens (primary N) is 1. The fraction of sp³-hybridized carbons (Fsp3) is 0.364. The van der Waals surface area contributed by atoms with E-state index in [0.717, 1.165) is 0 Å². The summed E-state index contributed by atoms with van der Waals surface area (Å²) in [6.07, 6.45) is 0. The molecule has 2 N–H and O–H groups in total. The molecule has 0 spiro atoms. The summed E-state index contributed by atoms with van der Waals surface area (Å²) in [7, 11) is 0. The van der Waals surface area contributed by atoms with Gasteiger partial charge in [0.15, 0.2) is 5.78 Å². The van der Waals surface area contributed by atoms with E-state index in [-0.39, 0.29) is 18.1 Å². The Morgan fingerprint density at radius 2 is 2.31 bits per heavy atom. The molecule has 0 amide bonds. The smallest absolute Gasteiger partial charge is 0.176 e. The highest BCUT2D eigenvalue weighted by Crippen LogP contribution is 2.30. The second-order valence-corrected chi connectivity index (χ2v) is 4.89. The van der Waals surface area contributed by atoms with Crippen molar-refractivity contribution in [1.29, 1.82) is 0 Å². The summed E-state index contributed by atoms with van der Waals surface area (Å²) in [5.74, 6) is -0.612. The van der Waals surface area contributed by atoms with Gasteiger partial charge in [0.2, 0.25) is 0 Å². The minimum absolute atomic E-state index is 0.0948. The Kier molecular flexibility index (Phi) is 3.58. The van der Waals surface area contributed by atoms with E-state index >= 15 is 0 Å². The van der Waals surface area contributed by atoms with E-state index < -0.39 is 0 Å². The number of halogens is 1. The number of thioether (sulfide) groups is 1. The highest BCUT2D eigenvalue weighted by molar-refractivity contribution is 8.00. The summed E-state index contributed by atoms with van der Waals surface area (Å²) in [6.45, 7) is 1.23. The number of ketones is 1. The van der Waals surface area contributed by atoms with Gasteiger partial charge >= 0.3 is 0 Å². The molecule has 16 heavy (non-hydrogen) atoms. The molecule has 0 aliphatic carbocycles. The van der Waals surface area contributed by atoms with Crippen molar-refractivity contribution in [2.45, 2.75) is 10.1 Å². The summed E-state index contributed by atoms with van der Waals surface area (Å²) >= 11 is 1.44. The molecule has 3 nitrogen and oxygen atoms in total. The largest absolute Gasteiger partial charge is 0.379 e. The third-order valence-electron chi connectivity index (χ3n) is 2.34. The van der Waals surface area contributed by atoms with Gasteiger partial charge in [0, 0.05) is 10.5 Å². The molecule has 1 aromatic rings. The first kappa shape index (κ1) is 11.6. The normalized spacial score (nSPS) is 15.9. The van der Waals surface area contributed by atoms with Gasteiger partial charge in [-0.25, -0.2) is 4.39 Å². The van der Waals surface area contributed by atoms with Gasteiger partial charge in [-0.2, -0.15) is 0 Å². The average Bonchev–Trinajstić information content (AvgIpc) is 2.23. The van der Waals surface area contributed by atoms with E-state index in [1.54, 1.807) is 12.1 Å². The van der Waals surface area contributed by atoms with Crippen LogP contribution in [0.4, 0.5) is 4.39 Å². The molecule has 86 valence electrons. The molecule has 1 aromatic carbocycles. The zero-order valence-corrected chi connectivity index (χ0v) is 9.43. The first-order valence-electron chi connectivity index (χ1n) is 4.98. The molecule has 0 saturated carbocycles. The topological polar surface area (TPSA) is 52.3 Å². The Balaban J connectivity index is 2.12. The Labute approximate surface area is 97.2 Å². The summed E-state index contributed by atoms with van der Waals surface area (Å²) in [5, 5.41) is 0.325. The van der Waals surface area contributed by atoms with Crippen molar-refractivity contribution < 1.29 is 13.9 Å². The quantitative estimate of drug-likeness (QED) is 0.811. The van der Waals surface area contributed by atoms with Crippen LogP contribution in [-0.4, -0.2) is 30.8 Å². The third-order valence-corrected chi connectivity index (χ3v) is 3.53. The Hall–Kier alpha value is -0.910. The molecule has 1 heterocycles. The van der Waals surface area contributed by atoms with Crippen molar-refractivity contribution in [3.63, 3.8) is 0 Å². The highest BCUT2D eigenvalue weighted by atomic mass is 32.2. The molecule has 1 saturated heterocycles. The standard InChI is InChI=1S/C11H12FNO2S/c12-9-3-7(10(14)4-13)1-2-11(9)16-8-5-15-6-8/h1-3,8H,4-6,13H2. The van der Waals surface area contributed by atoms with Crippen LogP contribution in [-0.2, 0) is 4.74 Å². The maximum absolute atomic E-state index is 13.6. The van der Waals surface area contributed by atoms with Crippen LogP contribution >= 0.6 is 11.8 Å². The van der Waals surface area contributed by atoms with Crippen LogP contribution in [0.25, 0.3) is 0 Å². The van der Waals surface area contributed by atoms with Crippen LogP contribution in [0.1, 0.15) is 10.4 Å². The van der Waals surface area contributed by atoms with Crippen LogP contribution in [0, 0.1) is 5.82 Å². The van der Waals surface area contributed by atoms with E-state index in [1.165, 1.54) is 17.8 Å². The molecular formula is C11H12FNO2S. The van der Waals surface area contributed by atoms with Crippen LogP contribution in [0.2, 0.25) is 0 Å². The van der Waals surface area contributed by atoms with E-state index in [4.69, 9.17) is 10.5 Å². The van der Waals surface area contributed by atoms with Crippen LogP contribution in [0.3, 0.4) is 0 Å². The zero-order valence-electron chi connectivity index (χ0n) is 8.61. The van der Waals surface area contributed by atoms with E-state index in [0.29, 0.717) is 28.9 Å². The fourth-order valence-corrected chi connectivity index (χ4v) is 2.36. The van der Waals surface area contributed by atoms with Gasteiger partial charge in [-0.3, -0.25) is 4.79 Å². The SMILES string of the molecule is NCC(=O)c1ccc(SC2COC2)c(F)c1. The predicted octanol–water partition coefficient (Wildman–Crippen LogP) is 1.46. The van der Waals surface area contributed by atoms with Crippen molar-refractivity contribution in [1.82, 2.24) is 0 Å².